The number of carbonyl (C=O) groups excluding carboxylic acids is 2. The summed E-state index contributed by atoms with van der Waals surface area (Å²) in [7, 11) is 3.47. The van der Waals surface area contributed by atoms with Crippen LogP contribution in [-0.4, -0.2) is 75.7 Å². The molecule has 1 N–H and O–H groups in total. The van der Waals surface area contributed by atoms with E-state index in [9.17, 15) is 9.59 Å². The smallest absolute Gasteiger partial charge is 0.304 e. The van der Waals surface area contributed by atoms with Gasteiger partial charge in [-0.1, -0.05) is 20.8 Å². The third-order valence-electron chi connectivity index (χ3n) is 6.24. The number of hydrogen-bond donors (Lipinski definition) is 1. The highest BCUT2D eigenvalue weighted by molar-refractivity contribution is 5.66. The van der Waals surface area contributed by atoms with Crippen molar-refractivity contribution in [3.8, 4) is 0 Å². The first-order chi connectivity index (χ1) is 14.1. The molecule has 0 aliphatic carbocycles. The number of ether oxygens (including phenoxy) is 6. The van der Waals surface area contributed by atoms with E-state index < -0.39 is 36.7 Å². The quantitative estimate of drug-likeness (QED) is 0.601. The fraction of sp³-hybridized carbons (Fsp3) is 0.905. The van der Waals surface area contributed by atoms with Gasteiger partial charge in [-0.05, 0) is 14.0 Å². The van der Waals surface area contributed by atoms with Crippen molar-refractivity contribution in [3.05, 3.63) is 0 Å². The van der Waals surface area contributed by atoms with Gasteiger partial charge in [-0.15, -0.1) is 0 Å². The predicted molar refractivity (Wildman–Crippen MR) is 107 cm³/mol. The van der Waals surface area contributed by atoms with Crippen molar-refractivity contribution in [2.75, 3.05) is 20.8 Å². The van der Waals surface area contributed by atoms with Gasteiger partial charge in [0.05, 0.1) is 24.4 Å². The number of carbonyl (C=O) groups is 2. The molecule has 0 amide bonds. The molecular weight excluding hydrogens is 394 g/mol. The minimum atomic E-state index is -0.821. The Morgan fingerprint density at radius 2 is 1.57 bits per heavy atom. The molecule has 2 fully saturated rings. The van der Waals surface area contributed by atoms with Crippen molar-refractivity contribution < 1.29 is 38.0 Å². The highest BCUT2D eigenvalue weighted by atomic mass is 16.7. The zero-order chi connectivity index (χ0) is 22.6. The fourth-order valence-electron chi connectivity index (χ4n) is 4.43. The van der Waals surface area contributed by atoms with Gasteiger partial charge in [-0.3, -0.25) is 9.59 Å². The Morgan fingerprint density at radius 3 is 2.10 bits per heavy atom. The fourth-order valence-corrected chi connectivity index (χ4v) is 4.43. The average molecular weight is 432 g/mol. The summed E-state index contributed by atoms with van der Waals surface area (Å²) in [5.74, 6) is -0.788. The van der Waals surface area contributed by atoms with Crippen molar-refractivity contribution in [1.29, 1.82) is 0 Å². The molecule has 0 aromatic rings. The Bertz CT molecular complexity index is 587. The minimum Gasteiger partial charge on any atom is -0.463 e. The molecule has 0 saturated carbocycles. The van der Waals surface area contributed by atoms with E-state index >= 15 is 0 Å². The Balaban J connectivity index is 2.24. The summed E-state index contributed by atoms with van der Waals surface area (Å²) in [6.07, 6.45) is -2.47. The van der Waals surface area contributed by atoms with Crippen molar-refractivity contribution in [1.82, 2.24) is 5.32 Å². The van der Waals surface area contributed by atoms with Crippen LogP contribution < -0.4 is 5.32 Å². The van der Waals surface area contributed by atoms with E-state index in [4.69, 9.17) is 28.4 Å². The van der Waals surface area contributed by atoms with Gasteiger partial charge in [-0.25, -0.2) is 0 Å². The van der Waals surface area contributed by atoms with Gasteiger partial charge in [0, 0.05) is 38.7 Å². The highest BCUT2D eigenvalue weighted by Gasteiger charge is 2.49. The van der Waals surface area contributed by atoms with Crippen LogP contribution in [-0.2, 0) is 38.0 Å². The van der Waals surface area contributed by atoms with Gasteiger partial charge < -0.3 is 33.7 Å². The van der Waals surface area contributed by atoms with Crippen molar-refractivity contribution >= 4 is 11.9 Å². The van der Waals surface area contributed by atoms with Crippen molar-refractivity contribution in [2.45, 2.75) is 84.6 Å². The van der Waals surface area contributed by atoms with Gasteiger partial charge in [-0.2, -0.15) is 0 Å². The maximum atomic E-state index is 11.5. The third-order valence-corrected chi connectivity index (χ3v) is 6.24. The molecular formula is C21H37NO8. The molecule has 5 unspecified atom stereocenters. The molecule has 2 rings (SSSR count). The molecule has 0 aromatic heterocycles. The second-order valence-corrected chi connectivity index (χ2v) is 8.36. The summed E-state index contributed by atoms with van der Waals surface area (Å²) >= 11 is 0. The first-order valence-corrected chi connectivity index (χ1v) is 10.6. The van der Waals surface area contributed by atoms with Gasteiger partial charge in [0.1, 0.15) is 12.7 Å². The van der Waals surface area contributed by atoms with E-state index in [0.29, 0.717) is 0 Å². The molecule has 174 valence electrons. The number of hydrogen-bond acceptors (Lipinski definition) is 9. The molecule has 10 atom stereocenters. The molecule has 0 spiro atoms. The van der Waals surface area contributed by atoms with Gasteiger partial charge >= 0.3 is 11.9 Å². The largest absolute Gasteiger partial charge is 0.463 e. The van der Waals surface area contributed by atoms with Crippen LogP contribution in [0.2, 0.25) is 0 Å². The highest BCUT2D eigenvalue weighted by Crippen LogP contribution is 2.36. The summed E-state index contributed by atoms with van der Waals surface area (Å²) in [4.78, 5) is 22.9. The van der Waals surface area contributed by atoms with Crippen LogP contribution in [0, 0.1) is 17.8 Å². The average Bonchev–Trinajstić information content (AvgIpc) is 2.66. The molecule has 9 heteroatoms. The van der Waals surface area contributed by atoms with Crippen LogP contribution in [0.25, 0.3) is 0 Å². The molecule has 2 heterocycles. The summed E-state index contributed by atoms with van der Waals surface area (Å²) in [6, 6.07) is -0.305. The maximum absolute atomic E-state index is 11.5. The van der Waals surface area contributed by atoms with E-state index in [1.165, 1.54) is 13.8 Å². The Kier molecular flexibility index (Phi) is 9.05. The lowest BCUT2D eigenvalue weighted by molar-refractivity contribution is -0.321. The lowest BCUT2D eigenvalue weighted by Gasteiger charge is -2.48. The van der Waals surface area contributed by atoms with Gasteiger partial charge in [0.15, 0.2) is 6.29 Å². The number of methoxy groups -OCH3 is 1. The van der Waals surface area contributed by atoms with E-state index in [0.717, 1.165) is 0 Å². The summed E-state index contributed by atoms with van der Waals surface area (Å²) < 4.78 is 34.9. The number of nitrogens with one attached hydrogen (secondary N) is 1. The Hall–Kier alpha value is -1.26. The Morgan fingerprint density at radius 1 is 0.900 bits per heavy atom. The SMILES string of the molecule is CNC1C(OC(C)=O)OC(COC(C)=O)[C@@H](O[C@@H]2OC(C)[C@@H](C)C(OC)[C@@H]2C)[C@@H]1C. The zero-order valence-electron chi connectivity index (χ0n) is 19.2. The van der Waals surface area contributed by atoms with Crippen LogP contribution in [0.5, 0.6) is 0 Å². The molecule has 9 nitrogen and oxygen atoms in total. The number of likely N-dealkylation sites (N-methyl/N-ethyl adjacent to an activating group) is 1. The first-order valence-electron chi connectivity index (χ1n) is 10.6. The van der Waals surface area contributed by atoms with Crippen molar-refractivity contribution in [3.63, 3.8) is 0 Å². The van der Waals surface area contributed by atoms with Gasteiger partial charge in [0.25, 0.3) is 0 Å². The standard InChI is InChI=1S/C21H37NO8/c1-10-13(4)27-20(12(3)18(10)25-8)30-19-11(2)17(22-7)21(28-15(6)24)29-16(19)9-26-14(5)23/h10-13,16-22H,9H2,1-8H3/t10-,11-,12+,13?,16?,17?,18?,19+,20+,21?/m1/s1. The molecule has 0 bridgehead atoms. The minimum absolute atomic E-state index is 0.0120. The van der Waals surface area contributed by atoms with Crippen LogP contribution in [0.15, 0.2) is 0 Å². The summed E-state index contributed by atoms with van der Waals surface area (Å²) in [6.45, 7) is 10.8. The first kappa shape index (κ1) is 25.0. The van der Waals surface area contributed by atoms with Crippen LogP contribution in [0.4, 0.5) is 0 Å². The van der Waals surface area contributed by atoms with E-state index in [1.54, 1.807) is 14.2 Å². The third kappa shape index (κ3) is 5.70. The zero-order valence-corrected chi connectivity index (χ0v) is 19.2. The van der Waals surface area contributed by atoms with Gasteiger partial charge in [0.2, 0.25) is 6.29 Å². The molecule has 0 aromatic carbocycles. The normalized spacial score (nSPS) is 41.9. The molecule has 2 saturated heterocycles. The monoisotopic (exact) mass is 431 g/mol. The summed E-state index contributed by atoms with van der Waals surface area (Å²) in [5.41, 5.74) is 0. The molecule has 0 radical (unpaired) electrons. The molecule has 2 aliphatic rings. The topological polar surface area (TPSA) is 102 Å². The second kappa shape index (κ2) is 10.9. The Labute approximate surface area is 179 Å². The van der Waals surface area contributed by atoms with Crippen LogP contribution in [0.3, 0.4) is 0 Å². The number of esters is 2. The maximum Gasteiger partial charge on any atom is 0.304 e. The predicted octanol–water partition coefficient (Wildman–Crippen LogP) is 1.48. The lowest BCUT2D eigenvalue weighted by atomic mass is 9.85. The van der Waals surface area contributed by atoms with Crippen molar-refractivity contribution in [2.24, 2.45) is 17.8 Å². The second-order valence-electron chi connectivity index (χ2n) is 8.36. The van der Waals surface area contributed by atoms with Crippen LogP contribution in [0.1, 0.15) is 41.5 Å². The number of rotatable bonds is 7. The van der Waals surface area contributed by atoms with E-state index in [2.05, 4.69) is 12.2 Å². The lowest BCUT2D eigenvalue weighted by Crippen LogP contribution is -2.62. The van der Waals surface area contributed by atoms with E-state index in [1.807, 2.05) is 20.8 Å². The molecule has 2 aliphatic heterocycles. The van der Waals surface area contributed by atoms with Crippen LogP contribution >= 0.6 is 0 Å². The molecule has 30 heavy (non-hydrogen) atoms. The van der Waals surface area contributed by atoms with E-state index in [-0.39, 0.29) is 42.6 Å². The summed E-state index contributed by atoms with van der Waals surface area (Å²) in [5, 5.41) is 3.15.